The number of carbonyl (C=O) groups is 3. The zero-order chi connectivity index (χ0) is 23.5. The van der Waals surface area contributed by atoms with Crippen LogP contribution in [0.3, 0.4) is 0 Å². The number of nitro groups is 1. The van der Waals surface area contributed by atoms with Crippen molar-refractivity contribution in [2.45, 2.75) is 65.1 Å². The van der Waals surface area contributed by atoms with Crippen LogP contribution >= 0.6 is 0 Å². The minimum atomic E-state index is -1.13. The highest BCUT2D eigenvalue weighted by Crippen LogP contribution is 2.09. The molecule has 0 heterocycles. The van der Waals surface area contributed by atoms with Crippen LogP contribution in [0.2, 0.25) is 0 Å². The second-order valence-corrected chi connectivity index (χ2v) is 7.70. The van der Waals surface area contributed by atoms with Gasteiger partial charge in [-0.3, -0.25) is 14.8 Å². The Kier molecular flexibility index (Phi) is 11.1. The van der Waals surface area contributed by atoms with Crippen molar-refractivity contribution in [3.8, 4) is 0 Å². The fraction of sp³-hybridized carbons (Fsp3) is 0.750. The minimum Gasteiger partial charge on any atom is -0.444 e. The lowest BCUT2D eigenvalue weighted by atomic mass is 10.0. The van der Waals surface area contributed by atoms with Crippen molar-refractivity contribution in [2.75, 3.05) is 6.54 Å². The molecule has 3 amide bonds. The molecule has 0 unspecified atom stereocenters. The maximum atomic E-state index is 12.6. The van der Waals surface area contributed by atoms with Crippen LogP contribution in [0.15, 0.2) is 5.10 Å². The number of rotatable bonds is 10. The van der Waals surface area contributed by atoms with E-state index in [2.05, 4.69) is 21.1 Å². The maximum Gasteiger partial charge on any atom is 0.408 e. The second kappa shape index (κ2) is 12.4. The first-order valence-electron chi connectivity index (χ1n) is 9.23. The number of amides is 3. The molecule has 0 rings (SSSR count). The molecule has 14 heteroatoms. The molecule has 0 saturated heterocycles. The summed E-state index contributed by atoms with van der Waals surface area (Å²) in [6.07, 6.45) is -0.476. The van der Waals surface area contributed by atoms with E-state index in [-0.39, 0.29) is 25.3 Å². The smallest absolute Gasteiger partial charge is 0.408 e. The van der Waals surface area contributed by atoms with Gasteiger partial charge in [-0.05, 0) is 39.5 Å². The van der Waals surface area contributed by atoms with Crippen molar-refractivity contribution >= 4 is 23.9 Å². The largest absolute Gasteiger partial charge is 0.444 e. The van der Waals surface area contributed by atoms with E-state index in [0.29, 0.717) is 0 Å². The molecule has 0 aliphatic rings. The third-order valence-corrected chi connectivity index (χ3v) is 3.53. The molecule has 0 aromatic heterocycles. The molecule has 0 saturated carbocycles. The number of hydrogen-bond acceptors (Lipinski definition) is 7. The molecule has 2 atom stereocenters. The number of nitrogens with one attached hydrogen (secondary N) is 4. The van der Waals surface area contributed by atoms with E-state index in [4.69, 9.17) is 15.7 Å². The first-order chi connectivity index (χ1) is 13.8. The Bertz CT molecular complexity index is 646. The van der Waals surface area contributed by atoms with Crippen molar-refractivity contribution in [3.63, 3.8) is 0 Å². The Morgan fingerprint density at radius 1 is 1.20 bits per heavy atom. The SMILES string of the molecule is CC(C)[C@H](NC(=O)OC(C)(C)C)C(=O)N[C@@H](CCCN/C(N)=N/[N+](=O)[O-])C(=O)NO. The molecular formula is C16H31N7O7. The zero-order valence-electron chi connectivity index (χ0n) is 17.7. The van der Waals surface area contributed by atoms with Gasteiger partial charge in [0.2, 0.25) is 5.91 Å². The van der Waals surface area contributed by atoms with E-state index < -0.39 is 46.6 Å². The monoisotopic (exact) mass is 433 g/mol. The summed E-state index contributed by atoms with van der Waals surface area (Å²) in [6.45, 7) is 8.55. The molecule has 0 aromatic carbocycles. The van der Waals surface area contributed by atoms with Crippen LogP contribution in [0.1, 0.15) is 47.5 Å². The van der Waals surface area contributed by atoms with Gasteiger partial charge >= 0.3 is 6.09 Å². The molecule has 30 heavy (non-hydrogen) atoms. The quantitative estimate of drug-likeness (QED) is 0.0647. The summed E-state index contributed by atoms with van der Waals surface area (Å²) >= 11 is 0. The first-order valence-corrected chi connectivity index (χ1v) is 9.23. The van der Waals surface area contributed by atoms with E-state index in [0.717, 1.165) is 0 Å². The Hall–Kier alpha value is -3.16. The van der Waals surface area contributed by atoms with Crippen molar-refractivity contribution in [3.05, 3.63) is 10.1 Å². The standard InChI is InChI=1S/C16H31N7O7/c1-9(2)11(20-15(26)30-16(3,4)5)13(25)19-10(12(24)22-27)7-6-8-18-14(17)21-23(28)29/h9-11,27H,6-8H2,1-5H3,(H,19,25)(H,20,26)(H,22,24)(H3,17,18,21)/t10-,11-/m0/s1. The normalized spacial score (nSPS) is 13.8. The van der Waals surface area contributed by atoms with Gasteiger partial charge < -0.3 is 26.4 Å². The van der Waals surface area contributed by atoms with Gasteiger partial charge in [0, 0.05) is 6.54 Å². The van der Waals surface area contributed by atoms with Crippen molar-refractivity contribution in [2.24, 2.45) is 16.8 Å². The zero-order valence-corrected chi connectivity index (χ0v) is 17.7. The summed E-state index contributed by atoms with van der Waals surface area (Å²) in [5.41, 5.74) is 5.98. The van der Waals surface area contributed by atoms with Crippen molar-refractivity contribution in [1.82, 2.24) is 21.4 Å². The van der Waals surface area contributed by atoms with E-state index in [1.54, 1.807) is 34.6 Å². The summed E-state index contributed by atoms with van der Waals surface area (Å²) in [4.78, 5) is 46.7. The lowest BCUT2D eigenvalue weighted by molar-refractivity contribution is -0.485. The molecular weight excluding hydrogens is 402 g/mol. The van der Waals surface area contributed by atoms with Crippen LogP contribution in [-0.2, 0) is 14.3 Å². The number of hydrazone groups is 1. The van der Waals surface area contributed by atoms with Gasteiger partial charge in [-0.25, -0.2) is 20.4 Å². The Morgan fingerprint density at radius 2 is 1.80 bits per heavy atom. The lowest BCUT2D eigenvalue weighted by Crippen LogP contribution is -2.55. The lowest BCUT2D eigenvalue weighted by Gasteiger charge is -2.26. The number of guanidine groups is 1. The molecule has 0 aliphatic carbocycles. The number of nitrogens with two attached hydrogens (primary N) is 1. The third kappa shape index (κ3) is 11.6. The molecule has 0 bridgehead atoms. The highest BCUT2D eigenvalue weighted by atomic mass is 16.7. The highest BCUT2D eigenvalue weighted by Gasteiger charge is 2.30. The number of ether oxygens (including phenoxy) is 1. The topological polar surface area (TPSA) is 210 Å². The summed E-state index contributed by atoms with van der Waals surface area (Å²) in [7, 11) is 0. The molecule has 172 valence electrons. The van der Waals surface area contributed by atoms with Gasteiger partial charge in [0.1, 0.15) is 22.8 Å². The van der Waals surface area contributed by atoms with Gasteiger partial charge in [-0.2, -0.15) is 0 Å². The first kappa shape index (κ1) is 26.8. The Balaban J connectivity index is 4.94. The average molecular weight is 433 g/mol. The fourth-order valence-corrected chi connectivity index (χ4v) is 2.22. The van der Waals surface area contributed by atoms with E-state index in [9.17, 15) is 24.5 Å². The van der Waals surface area contributed by atoms with Gasteiger partial charge in [0.25, 0.3) is 11.9 Å². The van der Waals surface area contributed by atoms with Crippen molar-refractivity contribution < 1.29 is 29.4 Å². The van der Waals surface area contributed by atoms with E-state index >= 15 is 0 Å². The number of alkyl carbamates (subject to hydrolysis) is 1. The molecule has 7 N–H and O–H groups in total. The number of hydroxylamine groups is 1. The number of nitrogens with zero attached hydrogens (tertiary/aromatic N) is 2. The fourth-order valence-electron chi connectivity index (χ4n) is 2.22. The number of carbonyl (C=O) groups excluding carboxylic acids is 3. The molecule has 0 radical (unpaired) electrons. The summed E-state index contributed by atoms with van der Waals surface area (Å²) in [6, 6.07) is -2.12. The Morgan fingerprint density at radius 3 is 2.27 bits per heavy atom. The molecule has 14 nitrogen and oxygen atoms in total. The predicted octanol–water partition coefficient (Wildman–Crippen LogP) is -0.598. The van der Waals surface area contributed by atoms with E-state index in [1.165, 1.54) is 5.48 Å². The Labute approximate surface area is 174 Å². The summed E-state index contributed by atoms with van der Waals surface area (Å²) < 4.78 is 5.14. The number of hydrogen-bond donors (Lipinski definition) is 6. The summed E-state index contributed by atoms with van der Waals surface area (Å²) in [5, 5.41) is 28.4. The van der Waals surface area contributed by atoms with Crippen LogP contribution in [0, 0.1) is 16.0 Å². The van der Waals surface area contributed by atoms with Crippen LogP contribution in [0.25, 0.3) is 0 Å². The summed E-state index contributed by atoms with van der Waals surface area (Å²) in [5.74, 6) is -2.24. The maximum absolute atomic E-state index is 12.6. The highest BCUT2D eigenvalue weighted by molar-refractivity contribution is 5.91. The van der Waals surface area contributed by atoms with Gasteiger partial charge in [-0.15, -0.1) is 0 Å². The molecule has 0 aliphatic heterocycles. The third-order valence-electron chi connectivity index (χ3n) is 3.53. The van der Waals surface area contributed by atoms with Gasteiger partial charge in [-0.1, -0.05) is 13.8 Å². The second-order valence-electron chi connectivity index (χ2n) is 7.70. The molecule has 0 fully saturated rings. The van der Waals surface area contributed by atoms with Crippen LogP contribution in [0.4, 0.5) is 4.79 Å². The van der Waals surface area contributed by atoms with Crippen LogP contribution in [0.5, 0.6) is 0 Å². The minimum absolute atomic E-state index is 0.0636. The van der Waals surface area contributed by atoms with E-state index in [1.807, 2.05) is 0 Å². The van der Waals surface area contributed by atoms with Gasteiger partial charge in [0.05, 0.1) is 0 Å². The molecule has 0 aromatic rings. The average Bonchev–Trinajstić information content (AvgIpc) is 2.58. The van der Waals surface area contributed by atoms with Crippen LogP contribution < -0.4 is 27.2 Å². The molecule has 0 spiro atoms. The van der Waals surface area contributed by atoms with Gasteiger partial charge in [0.15, 0.2) is 5.03 Å². The predicted molar refractivity (Wildman–Crippen MR) is 106 cm³/mol. The van der Waals surface area contributed by atoms with Crippen LogP contribution in [-0.4, -0.2) is 58.3 Å². The van der Waals surface area contributed by atoms with Crippen molar-refractivity contribution in [1.29, 1.82) is 0 Å².